The lowest BCUT2D eigenvalue weighted by Gasteiger charge is -2.24. The highest BCUT2D eigenvalue weighted by Crippen LogP contribution is 2.45. The summed E-state index contributed by atoms with van der Waals surface area (Å²) in [6.45, 7) is 0. The zero-order chi connectivity index (χ0) is 24.5. The number of nitrogens with zero attached hydrogens (tertiary/aromatic N) is 1. The number of carbonyl (C=O) groups excluding carboxylic acids is 1. The molecule has 3 aliphatic carbocycles. The summed E-state index contributed by atoms with van der Waals surface area (Å²) >= 11 is 0. The predicted octanol–water partition coefficient (Wildman–Crippen LogP) is 7.13. The minimum atomic E-state index is 0.154. The number of allylic oxidation sites excluding steroid dienone is 2. The molecule has 1 atom stereocenters. The Morgan fingerprint density at radius 1 is 0.917 bits per heavy atom. The largest absolute Gasteiger partial charge is 0.309 e. The number of ketones is 1. The first-order valence-corrected chi connectivity index (χ1v) is 13.8. The fourth-order valence-electron chi connectivity index (χ4n) is 6.42. The van der Waals surface area contributed by atoms with E-state index in [9.17, 15) is 9.59 Å². The Morgan fingerprint density at radius 2 is 1.67 bits per heavy atom. The zero-order valence-corrected chi connectivity index (χ0v) is 21.0. The van der Waals surface area contributed by atoms with E-state index >= 15 is 0 Å². The van der Waals surface area contributed by atoms with E-state index in [0.717, 1.165) is 61.3 Å². The number of carbonyl (C=O) groups is 1. The number of hydrogen-bond acceptors (Lipinski definition) is 2. The van der Waals surface area contributed by atoms with Crippen LogP contribution in [-0.2, 0) is 19.3 Å². The number of aromatic nitrogens is 1. The number of hydrogen-bond donors (Lipinski definition) is 0. The molecule has 1 saturated carbocycles. The van der Waals surface area contributed by atoms with Crippen LogP contribution >= 0.6 is 0 Å². The van der Waals surface area contributed by atoms with Gasteiger partial charge in [0.2, 0.25) is 0 Å². The van der Waals surface area contributed by atoms with E-state index in [1.165, 1.54) is 41.5 Å². The Bertz CT molecular complexity index is 1350. The highest BCUT2D eigenvalue weighted by Gasteiger charge is 2.34. The SMILES string of the molecule is O=C(CCc1cc2c(c(=O)n1C1CC1)C1=C(C2)CC(CCCc2ccccc2)CC1)c1ccccc1. The Balaban J connectivity index is 1.16. The van der Waals surface area contributed by atoms with E-state index in [1.54, 1.807) is 0 Å². The maximum atomic E-state index is 13.8. The molecule has 1 aromatic heterocycles. The van der Waals surface area contributed by atoms with Gasteiger partial charge in [0.15, 0.2) is 5.78 Å². The van der Waals surface area contributed by atoms with Crippen molar-refractivity contribution < 1.29 is 4.79 Å². The number of rotatable bonds is 9. The smallest absolute Gasteiger partial charge is 0.258 e. The molecular formula is C33H35NO2. The van der Waals surface area contributed by atoms with Gasteiger partial charge in [0.1, 0.15) is 0 Å². The molecule has 2 aromatic carbocycles. The summed E-state index contributed by atoms with van der Waals surface area (Å²) in [7, 11) is 0. The first-order chi connectivity index (χ1) is 17.7. The van der Waals surface area contributed by atoms with Crippen LogP contribution < -0.4 is 5.56 Å². The standard InChI is InChI=1S/C33H35NO2/c35-31(25-12-5-2-6-13-25)19-17-29-22-27-21-26-20-24(11-7-10-23-8-3-1-4-9-23)14-18-30(26)32(27)33(36)34(29)28-15-16-28/h1-6,8-9,12-13,22,24,28H,7,10-11,14-21H2. The molecule has 1 fully saturated rings. The van der Waals surface area contributed by atoms with Crippen LogP contribution in [0.1, 0.15) is 90.2 Å². The molecule has 3 nitrogen and oxygen atoms in total. The van der Waals surface area contributed by atoms with Crippen molar-refractivity contribution in [2.45, 2.75) is 76.7 Å². The van der Waals surface area contributed by atoms with Crippen LogP contribution in [0.3, 0.4) is 0 Å². The summed E-state index contributed by atoms with van der Waals surface area (Å²) in [4.78, 5) is 26.5. The highest BCUT2D eigenvalue weighted by atomic mass is 16.1. The monoisotopic (exact) mass is 477 g/mol. The van der Waals surface area contributed by atoms with Crippen molar-refractivity contribution in [3.63, 3.8) is 0 Å². The maximum absolute atomic E-state index is 13.8. The van der Waals surface area contributed by atoms with Crippen LogP contribution in [0.2, 0.25) is 0 Å². The van der Waals surface area contributed by atoms with Crippen molar-refractivity contribution in [3.8, 4) is 0 Å². The lowest BCUT2D eigenvalue weighted by atomic mass is 9.81. The summed E-state index contributed by atoms with van der Waals surface area (Å²) in [5.41, 5.74) is 8.56. The number of pyridine rings is 1. The van der Waals surface area contributed by atoms with E-state index in [-0.39, 0.29) is 11.3 Å². The molecule has 3 aliphatic rings. The Hall–Kier alpha value is -3.20. The van der Waals surface area contributed by atoms with Gasteiger partial charge in [0.05, 0.1) is 0 Å². The van der Waals surface area contributed by atoms with Gasteiger partial charge in [-0.05, 0) is 92.9 Å². The highest BCUT2D eigenvalue weighted by molar-refractivity contribution is 5.96. The van der Waals surface area contributed by atoms with Gasteiger partial charge in [-0.2, -0.15) is 0 Å². The van der Waals surface area contributed by atoms with E-state index in [4.69, 9.17) is 0 Å². The quantitative estimate of drug-likeness (QED) is 0.308. The minimum absolute atomic E-state index is 0.154. The second-order valence-corrected chi connectivity index (χ2v) is 11.0. The molecule has 3 aromatic rings. The van der Waals surface area contributed by atoms with Crippen molar-refractivity contribution in [2.24, 2.45) is 5.92 Å². The lowest BCUT2D eigenvalue weighted by Crippen LogP contribution is -2.27. The van der Waals surface area contributed by atoms with Gasteiger partial charge in [-0.15, -0.1) is 0 Å². The number of aryl methyl sites for hydroxylation is 2. The normalized spacial score (nSPS) is 18.7. The van der Waals surface area contributed by atoms with E-state index in [0.29, 0.717) is 18.9 Å². The zero-order valence-electron chi connectivity index (χ0n) is 21.0. The molecule has 0 saturated heterocycles. The molecule has 0 N–H and O–H groups in total. The van der Waals surface area contributed by atoms with Gasteiger partial charge in [-0.1, -0.05) is 66.2 Å². The van der Waals surface area contributed by atoms with Gasteiger partial charge < -0.3 is 4.57 Å². The van der Waals surface area contributed by atoms with Crippen LogP contribution in [-0.4, -0.2) is 10.4 Å². The molecule has 6 rings (SSSR count). The average Bonchev–Trinajstić information content (AvgIpc) is 3.67. The van der Waals surface area contributed by atoms with Crippen molar-refractivity contribution >= 4 is 11.4 Å². The first kappa shape index (κ1) is 23.2. The fourth-order valence-corrected chi connectivity index (χ4v) is 6.42. The van der Waals surface area contributed by atoms with Crippen molar-refractivity contribution in [2.75, 3.05) is 0 Å². The number of Topliss-reactive ketones (excluding diaryl/α,β-unsaturated/α-hetero) is 1. The first-order valence-electron chi connectivity index (χ1n) is 13.8. The summed E-state index contributed by atoms with van der Waals surface area (Å²) in [6, 6.07) is 22.9. The van der Waals surface area contributed by atoms with Gasteiger partial charge >= 0.3 is 0 Å². The van der Waals surface area contributed by atoms with Gasteiger partial charge in [0.25, 0.3) is 5.56 Å². The molecule has 0 radical (unpaired) electrons. The molecule has 1 unspecified atom stereocenters. The van der Waals surface area contributed by atoms with Crippen molar-refractivity contribution in [1.29, 1.82) is 0 Å². The Labute approximate surface area is 213 Å². The van der Waals surface area contributed by atoms with E-state index < -0.39 is 0 Å². The molecule has 36 heavy (non-hydrogen) atoms. The summed E-state index contributed by atoms with van der Waals surface area (Å²) < 4.78 is 2.05. The summed E-state index contributed by atoms with van der Waals surface area (Å²) in [5.74, 6) is 0.886. The van der Waals surface area contributed by atoms with E-state index in [1.807, 2.05) is 30.3 Å². The van der Waals surface area contributed by atoms with Gasteiger partial charge in [-0.25, -0.2) is 0 Å². The summed E-state index contributed by atoms with van der Waals surface area (Å²) in [5, 5.41) is 0. The van der Waals surface area contributed by atoms with Crippen LogP contribution in [0.25, 0.3) is 5.57 Å². The molecule has 0 amide bonds. The van der Waals surface area contributed by atoms with Crippen molar-refractivity contribution in [3.05, 3.63) is 111 Å². The fraction of sp³-hybridized carbons (Fsp3) is 0.394. The third-order valence-corrected chi connectivity index (χ3v) is 8.41. The third-order valence-electron chi connectivity index (χ3n) is 8.41. The van der Waals surface area contributed by atoms with Crippen LogP contribution in [0, 0.1) is 5.92 Å². The Morgan fingerprint density at radius 3 is 2.42 bits per heavy atom. The minimum Gasteiger partial charge on any atom is -0.309 e. The van der Waals surface area contributed by atoms with Crippen LogP contribution in [0.5, 0.6) is 0 Å². The van der Waals surface area contributed by atoms with Gasteiger partial charge in [-0.3, -0.25) is 9.59 Å². The van der Waals surface area contributed by atoms with E-state index in [2.05, 4.69) is 41.0 Å². The maximum Gasteiger partial charge on any atom is 0.258 e. The van der Waals surface area contributed by atoms with Crippen molar-refractivity contribution in [1.82, 2.24) is 4.57 Å². The van der Waals surface area contributed by atoms with Crippen LogP contribution in [0.4, 0.5) is 0 Å². The molecule has 0 bridgehead atoms. The van der Waals surface area contributed by atoms with Crippen LogP contribution in [0.15, 0.2) is 77.1 Å². The number of fused-ring (bicyclic) bond motifs is 2. The number of benzene rings is 2. The molecule has 3 heteroatoms. The second-order valence-electron chi connectivity index (χ2n) is 11.0. The summed E-state index contributed by atoms with van der Waals surface area (Å²) in [6.07, 6.45) is 11.2. The third kappa shape index (κ3) is 4.76. The molecule has 184 valence electrons. The molecule has 0 spiro atoms. The Kier molecular flexibility index (Phi) is 6.48. The van der Waals surface area contributed by atoms with Gasteiger partial charge in [0, 0.05) is 29.3 Å². The molecule has 0 aliphatic heterocycles. The predicted molar refractivity (Wildman–Crippen MR) is 145 cm³/mol. The topological polar surface area (TPSA) is 39.1 Å². The lowest BCUT2D eigenvalue weighted by molar-refractivity contribution is 0.0982. The average molecular weight is 478 g/mol. The molecule has 1 heterocycles. The molecular weight excluding hydrogens is 442 g/mol. The second kappa shape index (κ2) is 10.0.